The van der Waals surface area contributed by atoms with Crippen LogP contribution in [0.5, 0.6) is 0 Å². The number of nitrogens with zero attached hydrogens (tertiary/aromatic N) is 1. The summed E-state index contributed by atoms with van der Waals surface area (Å²) in [6.07, 6.45) is 6.67. The quantitative estimate of drug-likeness (QED) is 0.889. The molecule has 114 valence electrons. The predicted octanol–water partition coefficient (Wildman–Crippen LogP) is 3.37. The Labute approximate surface area is 131 Å². The SMILES string of the molecule is O=C(NCc1ccccc1)c1cc(NC2CCCC2)ccn1. The van der Waals surface area contributed by atoms with Gasteiger partial charge in [-0.1, -0.05) is 43.2 Å². The van der Waals surface area contributed by atoms with Crippen LogP contribution in [-0.2, 0) is 6.54 Å². The van der Waals surface area contributed by atoms with Gasteiger partial charge in [-0.25, -0.2) is 0 Å². The molecule has 1 fully saturated rings. The second kappa shape index (κ2) is 7.07. The van der Waals surface area contributed by atoms with Gasteiger partial charge in [-0.2, -0.15) is 0 Å². The van der Waals surface area contributed by atoms with Crippen LogP contribution in [-0.4, -0.2) is 16.9 Å². The zero-order valence-electron chi connectivity index (χ0n) is 12.6. The fourth-order valence-corrected chi connectivity index (χ4v) is 2.82. The molecule has 1 saturated carbocycles. The van der Waals surface area contributed by atoms with E-state index in [-0.39, 0.29) is 5.91 Å². The van der Waals surface area contributed by atoms with Crippen molar-refractivity contribution in [1.82, 2.24) is 10.3 Å². The minimum Gasteiger partial charge on any atom is -0.382 e. The molecule has 0 bridgehead atoms. The molecule has 2 aromatic rings. The maximum Gasteiger partial charge on any atom is 0.270 e. The van der Waals surface area contributed by atoms with Crippen molar-refractivity contribution >= 4 is 11.6 Å². The molecule has 0 spiro atoms. The largest absolute Gasteiger partial charge is 0.382 e. The number of hydrogen-bond acceptors (Lipinski definition) is 3. The van der Waals surface area contributed by atoms with Crippen LogP contribution < -0.4 is 10.6 Å². The molecular weight excluding hydrogens is 274 g/mol. The third kappa shape index (κ3) is 3.85. The van der Waals surface area contributed by atoms with E-state index < -0.39 is 0 Å². The summed E-state index contributed by atoms with van der Waals surface area (Å²) in [5.41, 5.74) is 2.52. The first-order chi connectivity index (χ1) is 10.8. The first kappa shape index (κ1) is 14.6. The molecule has 4 heteroatoms. The number of aromatic nitrogens is 1. The number of nitrogens with one attached hydrogen (secondary N) is 2. The van der Waals surface area contributed by atoms with Gasteiger partial charge in [-0.05, 0) is 30.5 Å². The Hall–Kier alpha value is -2.36. The normalized spacial score (nSPS) is 14.7. The summed E-state index contributed by atoms with van der Waals surface area (Å²) < 4.78 is 0. The molecule has 0 saturated heterocycles. The lowest BCUT2D eigenvalue weighted by molar-refractivity contribution is 0.0946. The van der Waals surface area contributed by atoms with E-state index >= 15 is 0 Å². The topological polar surface area (TPSA) is 54.0 Å². The Bertz CT molecular complexity index is 621. The van der Waals surface area contributed by atoms with Crippen molar-refractivity contribution in [2.24, 2.45) is 0 Å². The number of benzene rings is 1. The number of carbonyl (C=O) groups is 1. The standard InChI is InChI=1S/C18H21N3O/c22-18(20-13-14-6-2-1-3-7-14)17-12-16(10-11-19-17)21-15-8-4-5-9-15/h1-3,6-7,10-12,15H,4-5,8-9,13H2,(H,19,21)(H,20,22). The van der Waals surface area contributed by atoms with Gasteiger partial charge in [0.05, 0.1) is 0 Å². The average molecular weight is 295 g/mol. The molecule has 1 amide bonds. The number of rotatable bonds is 5. The molecule has 4 nitrogen and oxygen atoms in total. The molecule has 0 atom stereocenters. The van der Waals surface area contributed by atoms with Gasteiger partial charge >= 0.3 is 0 Å². The summed E-state index contributed by atoms with van der Waals surface area (Å²) in [5.74, 6) is -0.140. The first-order valence-electron chi connectivity index (χ1n) is 7.86. The zero-order valence-corrected chi connectivity index (χ0v) is 12.6. The van der Waals surface area contributed by atoms with Gasteiger partial charge in [-0.3, -0.25) is 9.78 Å². The lowest BCUT2D eigenvalue weighted by Crippen LogP contribution is -2.24. The van der Waals surface area contributed by atoms with Crippen LogP contribution in [0.25, 0.3) is 0 Å². The van der Waals surface area contributed by atoms with Gasteiger partial charge in [0.15, 0.2) is 0 Å². The Kier molecular flexibility index (Phi) is 4.68. The number of amides is 1. The zero-order chi connectivity index (χ0) is 15.2. The second-order valence-electron chi connectivity index (χ2n) is 5.72. The van der Waals surface area contributed by atoms with E-state index in [9.17, 15) is 4.79 Å². The van der Waals surface area contributed by atoms with E-state index in [1.54, 1.807) is 6.20 Å². The van der Waals surface area contributed by atoms with Crippen molar-refractivity contribution in [2.75, 3.05) is 5.32 Å². The smallest absolute Gasteiger partial charge is 0.270 e. The predicted molar refractivity (Wildman–Crippen MR) is 87.7 cm³/mol. The van der Waals surface area contributed by atoms with Crippen LogP contribution in [0.1, 0.15) is 41.7 Å². The summed E-state index contributed by atoms with van der Waals surface area (Å²) >= 11 is 0. The van der Waals surface area contributed by atoms with Crippen LogP contribution in [0.2, 0.25) is 0 Å². The highest BCUT2D eigenvalue weighted by Gasteiger charge is 2.15. The Morgan fingerprint density at radius 3 is 2.68 bits per heavy atom. The molecule has 1 aliphatic rings. The van der Waals surface area contributed by atoms with Crippen LogP contribution in [0.15, 0.2) is 48.7 Å². The molecule has 1 aliphatic carbocycles. The fourth-order valence-electron chi connectivity index (χ4n) is 2.82. The maximum atomic E-state index is 12.2. The number of hydrogen-bond donors (Lipinski definition) is 2. The third-order valence-corrected chi connectivity index (χ3v) is 4.01. The number of pyridine rings is 1. The number of anilines is 1. The molecule has 1 heterocycles. The van der Waals surface area contributed by atoms with Crippen LogP contribution >= 0.6 is 0 Å². The summed E-state index contributed by atoms with van der Waals surface area (Å²) in [6, 6.07) is 14.2. The van der Waals surface area contributed by atoms with Crippen LogP contribution in [0, 0.1) is 0 Å². The minimum absolute atomic E-state index is 0.140. The van der Waals surface area contributed by atoms with Gasteiger partial charge in [0.25, 0.3) is 5.91 Å². The lowest BCUT2D eigenvalue weighted by atomic mass is 10.2. The van der Waals surface area contributed by atoms with Crippen molar-refractivity contribution in [3.63, 3.8) is 0 Å². The second-order valence-corrected chi connectivity index (χ2v) is 5.72. The molecule has 0 unspecified atom stereocenters. The fraction of sp³-hybridized carbons (Fsp3) is 0.333. The van der Waals surface area contributed by atoms with Gasteiger partial charge in [-0.15, -0.1) is 0 Å². The van der Waals surface area contributed by atoms with E-state index in [1.807, 2.05) is 42.5 Å². The van der Waals surface area contributed by atoms with E-state index in [0.29, 0.717) is 18.3 Å². The average Bonchev–Trinajstić information content (AvgIpc) is 3.07. The van der Waals surface area contributed by atoms with E-state index in [1.165, 1.54) is 25.7 Å². The van der Waals surface area contributed by atoms with Crippen LogP contribution in [0.3, 0.4) is 0 Å². The molecule has 0 radical (unpaired) electrons. The molecule has 3 rings (SSSR count). The van der Waals surface area contributed by atoms with Crippen molar-refractivity contribution in [3.05, 3.63) is 59.9 Å². The third-order valence-electron chi connectivity index (χ3n) is 4.01. The minimum atomic E-state index is -0.140. The van der Waals surface area contributed by atoms with Crippen LogP contribution in [0.4, 0.5) is 5.69 Å². The molecule has 2 N–H and O–H groups in total. The monoisotopic (exact) mass is 295 g/mol. The van der Waals surface area contributed by atoms with Gasteiger partial charge in [0.1, 0.15) is 5.69 Å². The van der Waals surface area contributed by atoms with Gasteiger partial charge in [0.2, 0.25) is 0 Å². The summed E-state index contributed by atoms with van der Waals surface area (Å²) in [4.78, 5) is 16.4. The van der Waals surface area contributed by atoms with E-state index in [0.717, 1.165) is 11.3 Å². The Balaban J connectivity index is 1.59. The highest BCUT2D eigenvalue weighted by atomic mass is 16.1. The van der Waals surface area contributed by atoms with Gasteiger partial charge < -0.3 is 10.6 Å². The molecular formula is C18H21N3O. The first-order valence-corrected chi connectivity index (χ1v) is 7.86. The van der Waals surface area contributed by atoms with Gasteiger partial charge in [0, 0.05) is 24.5 Å². The highest BCUT2D eigenvalue weighted by Crippen LogP contribution is 2.22. The summed E-state index contributed by atoms with van der Waals surface area (Å²) in [6.45, 7) is 0.516. The van der Waals surface area contributed by atoms with E-state index in [2.05, 4.69) is 15.6 Å². The van der Waals surface area contributed by atoms with E-state index in [4.69, 9.17) is 0 Å². The Morgan fingerprint density at radius 2 is 1.91 bits per heavy atom. The molecule has 0 aliphatic heterocycles. The maximum absolute atomic E-state index is 12.2. The van der Waals surface area contributed by atoms with Crippen molar-refractivity contribution in [2.45, 2.75) is 38.3 Å². The highest BCUT2D eigenvalue weighted by molar-refractivity contribution is 5.93. The Morgan fingerprint density at radius 1 is 1.14 bits per heavy atom. The lowest BCUT2D eigenvalue weighted by Gasteiger charge is -2.14. The van der Waals surface area contributed by atoms with Crippen molar-refractivity contribution in [1.29, 1.82) is 0 Å². The van der Waals surface area contributed by atoms with Crippen molar-refractivity contribution in [3.8, 4) is 0 Å². The molecule has 1 aromatic heterocycles. The number of carbonyl (C=O) groups excluding carboxylic acids is 1. The summed E-state index contributed by atoms with van der Waals surface area (Å²) in [5, 5.41) is 6.40. The molecule has 22 heavy (non-hydrogen) atoms. The molecule has 1 aromatic carbocycles. The van der Waals surface area contributed by atoms with Crippen molar-refractivity contribution < 1.29 is 4.79 Å². The summed E-state index contributed by atoms with van der Waals surface area (Å²) in [7, 11) is 0.